The molecule has 0 aliphatic heterocycles. The number of nitrogens with two attached hydrogens (primary N) is 1. The second kappa shape index (κ2) is 4.45. The quantitative estimate of drug-likeness (QED) is 0.479. The molecule has 4 N–H and O–H groups in total. The molecule has 0 aromatic carbocycles. The third kappa shape index (κ3) is 2.74. The van der Waals surface area contributed by atoms with E-state index in [1.54, 1.807) is 12.3 Å². The third-order valence-electron chi connectivity index (χ3n) is 1.62. The molecule has 0 amide bonds. The Kier molecular flexibility index (Phi) is 3.25. The lowest BCUT2D eigenvalue weighted by atomic mass is 10.3. The number of hydrogen-bond donors (Lipinski definition) is 3. The molecule has 0 spiro atoms. The molecule has 70 valence electrons. The standard InChI is InChI=1S/C9H14N4/c1-2-5-12-7-3-4-8(9(10)11)13-6-7/h3-4,6,12H,2,5H2,1H3,(H3,10,11). The van der Waals surface area contributed by atoms with Crippen molar-refractivity contribution in [3.63, 3.8) is 0 Å². The minimum absolute atomic E-state index is 0.00189. The smallest absolute Gasteiger partial charge is 0.141 e. The van der Waals surface area contributed by atoms with Gasteiger partial charge in [0.1, 0.15) is 11.5 Å². The van der Waals surface area contributed by atoms with Crippen molar-refractivity contribution < 1.29 is 0 Å². The van der Waals surface area contributed by atoms with Gasteiger partial charge in [-0.2, -0.15) is 0 Å². The van der Waals surface area contributed by atoms with E-state index in [1.165, 1.54) is 0 Å². The van der Waals surface area contributed by atoms with Crippen LogP contribution in [0.4, 0.5) is 5.69 Å². The van der Waals surface area contributed by atoms with Gasteiger partial charge in [-0.3, -0.25) is 10.4 Å². The summed E-state index contributed by atoms with van der Waals surface area (Å²) in [6, 6.07) is 3.61. The van der Waals surface area contributed by atoms with Crippen molar-refractivity contribution >= 4 is 11.5 Å². The van der Waals surface area contributed by atoms with Crippen LogP contribution in [0.3, 0.4) is 0 Å². The lowest BCUT2D eigenvalue weighted by molar-refractivity contribution is 0.977. The summed E-state index contributed by atoms with van der Waals surface area (Å²) >= 11 is 0. The zero-order chi connectivity index (χ0) is 9.68. The van der Waals surface area contributed by atoms with Crippen LogP contribution < -0.4 is 11.1 Å². The summed E-state index contributed by atoms with van der Waals surface area (Å²) in [5.74, 6) is 0.00189. The Morgan fingerprint density at radius 2 is 2.38 bits per heavy atom. The molecule has 13 heavy (non-hydrogen) atoms. The van der Waals surface area contributed by atoms with Crippen molar-refractivity contribution in [1.82, 2.24) is 4.98 Å². The first kappa shape index (κ1) is 9.51. The molecule has 0 aliphatic rings. The predicted molar refractivity (Wildman–Crippen MR) is 54.0 cm³/mol. The number of rotatable bonds is 4. The monoisotopic (exact) mass is 178 g/mol. The Morgan fingerprint density at radius 3 is 2.85 bits per heavy atom. The van der Waals surface area contributed by atoms with Gasteiger partial charge in [0.15, 0.2) is 0 Å². The highest BCUT2D eigenvalue weighted by Crippen LogP contribution is 2.05. The molecule has 1 aromatic rings. The molecule has 0 radical (unpaired) electrons. The molecule has 0 atom stereocenters. The zero-order valence-corrected chi connectivity index (χ0v) is 7.67. The van der Waals surface area contributed by atoms with Crippen LogP contribution in [0.2, 0.25) is 0 Å². The van der Waals surface area contributed by atoms with E-state index < -0.39 is 0 Å². The van der Waals surface area contributed by atoms with E-state index in [-0.39, 0.29) is 5.84 Å². The van der Waals surface area contributed by atoms with Gasteiger partial charge in [-0.1, -0.05) is 6.92 Å². The molecule has 0 saturated heterocycles. The van der Waals surface area contributed by atoms with E-state index in [9.17, 15) is 0 Å². The van der Waals surface area contributed by atoms with Crippen molar-refractivity contribution in [2.75, 3.05) is 11.9 Å². The van der Waals surface area contributed by atoms with Crippen molar-refractivity contribution in [3.8, 4) is 0 Å². The number of nitrogen functional groups attached to an aromatic ring is 1. The van der Waals surface area contributed by atoms with Crippen molar-refractivity contribution in [1.29, 1.82) is 5.41 Å². The average molecular weight is 178 g/mol. The number of anilines is 1. The maximum absolute atomic E-state index is 7.14. The topological polar surface area (TPSA) is 74.8 Å². The van der Waals surface area contributed by atoms with Gasteiger partial charge < -0.3 is 11.1 Å². The minimum atomic E-state index is 0.00189. The van der Waals surface area contributed by atoms with E-state index in [2.05, 4.69) is 17.2 Å². The van der Waals surface area contributed by atoms with Crippen LogP contribution in [0, 0.1) is 5.41 Å². The second-order valence-electron chi connectivity index (χ2n) is 2.77. The Balaban J connectivity index is 2.64. The molecule has 0 saturated carbocycles. The average Bonchev–Trinajstić information content (AvgIpc) is 2.15. The number of amidine groups is 1. The molecule has 1 aromatic heterocycles. The predicted octanol–water partition coefficient (Wildman–Crippen LogP) is 1.19. The minimum Gasteiger partial charge on any atom is -0.384 e. The van der Waals surface area contributed by atoms with Gasteiger partial charge in [-0.15, -0.1) is 0 Å². The van der Waals surface area contributed by atoms with E-state index in [1.807, 2.05) is 6.07 Å². The summed E-state index contributed by atoms with van der Waals surface area (Å²) in [6.45, 7) is 3.03. The maximum Gasteiger partial charge on any atom is 0.141 e. The van der Waals surface area contributed by atoms with Crippen LogP contribution in [0.1, 0.15) is 19.0 Å². The summed E-state index contributed by atoms with van der Waals surface area (Å²) in [7, 11) is 0. The number of pyridine rings is 1. The molecule has 1 heterocycles. The first-order valence-corrected chi connectivity index (χ1v) is 4.28. The molecule has 0 aliphatic carbocycles. The largest absolute Gasteiger partial charge is 0.384 e. The summed E-state index contributed by atoms with van der Waals surface area (Å²) in [5.41, 5.74) is 6.74. The zero-order valence-electron chi connectivity index (χ0n) is 7.67. The normalized spacial score (nSPS) is 9.62. The molecule has 1 rings (SSSR count). The molecule has 0 bridgehead atoms. The first-order valence-electron chi connectivity index (χ1n) is 4.28. The Hall–Kier alpha value is -1.58. The van der Waals surface area contributed by atoms with Crippen LogP contribution in [0.25, 0.3) is 0 Å². The van der Waals surface area contributed by atoms with Crippen LogP contribution in [0.5, 0.6) is 0 Å². The lowest BCUT2D eigenvalue weighted by Crippen LogP contribution is -2.13. The van der Waals surface area contributed by atoms with Gasteiger partial charge in [0.05, 0.1) is 11.9 Å². The number of aromatic nitrogens is 1. The highest BCUT2D eigenvalue weighted by Gasteiger charge is 1.96. The van der Waals surface area contributed by atoms with Gasteiger partial charge >= 0.3 is 0 Å². The van der Waals surface area contributed by atoms with Crippen molar-refractivity contribution in [3.05, 3.63) is 24.0 Å². The van der Waals surface area contributed by atoms with Crippen LogP contribution in [-0.4, -0.2) is 17.4 Å². The third-order valence-corrected chi connectivity index (χ3v) is 1.62. The fraction of sp³-hybridized carbons (Fsp3) is 0.333. The maximum atomic E-state index is 7.14. The highest BCUT2D eigenvalue weighted by atomic mass is 14.9. The van der Waals surface area contributed by atoms with E-state index in [0.717, 1.165) is 18.7 Å². The van der Waals surface area contributed by atoms with Gasteiger partial charge in [-0.25, -0.2) is 0 Å². The summed E-state index contributed by atoms with van der Waals surface area (Å²) < 4.78 is 0. The first-order chi connectivity index (χ1) is 6.24. The fourth-order valence-electron chi connectivity index (χ4n) is 0.927. The molecular weight excluding hydrogens is 164 g/mol. The number of nitrogens with one attached hydrogen (secondary N) is 2. The van der Waals surface area contributed by atoms with Crippen LogP contribution in [-0.2, 0) is 0 Å². The molecular formula is C9H14N4. The van der Waals surface area contributed by atoms with Gasteiger partial charge in [0.25, 0.3) is 0 Å². The Bertz CT molecular complexity index is 278. The van der Waals surface area contributed by atoms with Gasteiger partial charge in [0, 0.05) is 6.54 Å². The van der Waals surface area contributed by atoms with Gasteiger partial charge in [0.2, 0.25) is 0 Å². The number of nitrogens with zero attached hydrogens (tertiary/aromatic N) is 1. The lowest BCUT2D eigenvalue weighted by Gasteiger charge is -2.04. The van der Waals surface area contributed by atoms with Gasteiger partial charge in [-0.05, 0) is 18.6 Å². The highest BCUT2D eigenvalue weighted by molar-refractivity contribution is 5.93. The summed E-state index contributed by atoms with van der Waals surface area (Å²) in [4.78, 5) is 4.02. The SMILES string of the molecule is CCCNc1ccc(C(=N)N)nc1. The van der Waals surface area contributed by atoms with E-state index in [4.69, 9.17) is 11.1 Å². The number of hydrogen-bond acceptors (Lipinski definition) is 3. The Labute approximate surface area is 77.7 Å². The van der Waals surface area contributed by atoms with Crippen molar-refractivity contribution in [2.45, 2.75) is 13.3 Å². The molecule has 0 unspecified atom stereocenters. The van der Waals surface area contributed by atoms with Crippen molar-refractivity contribution in [2.24, 2.45) is 5.73 Å². The second-order valence-corrected chi connectivity index (χ2v) is 2.77. The van der Waals surface area contributed by atoms with Crippen LogP contribution >= 0.6 is 0 Å². The summed E-state index contributed by atoms with van der Waals surface area (Å²) in [5, 5.41) is 10.3. The Morgan fingerprint density at radius 1 is 1.62 bits per heavy atom. The molecule has 4 heteroatoms. The van der Waals surface area contributed by atoms with Crippen LogP contribution in [0.15, 0.2) is 18.3 Å². The fourth-order valence-corrected chi connectivity index (χ4v) is 0.927. The van der Waals surface area contributed by atoms with E-state index >= 15 is 0 Å². The summed E-state index contributed by atoms with van der Waals surface area (Å²) in [6.07, 6.45) is 2.76. The molecule has 4 nitrogen and oxygen atoms in total. The van der Waals surface area contributed by atoms with E-state index in [0.29, 0.717) is 5.69 Å². The molecule has 0 fully saturated rings.